The minimum atomic E-state index is -4.48. The summed E-state index contributed by atoms with van der Waals surface area (Å²) in [6.07, 6.45) is -1.81. The van der Waals surface area contributed by atoms with E-state index in [1.54, 1.807) is 25.4 Å². The van der Waals surface area contributed by atoms with Gasteiger partial charge in [0, 0.05) is 30.9 Å². The molecule has 3 aromatic heterocycles. The Morgan fingerprint density at radius 3 is 2.44 bits per heavy atom. The normalized spacial score (nSPS) is 12.0. The number of imidazole rings is 1. The summed E-state index contributed by atoms with van der Waals surface area (Å²) in [6, 6.07) is 15.3. The van der Waals surface area contributed by atoms with E-state index < -0.39 is 11.9 Å². The Morgan fingerprint density at radius 1 is 1.00 bits per heavy atom. The molecule has 0 amide bonds. The lowest BCUT2D eigenvalue weighted by Gasteiger charge is -2.13. The number of hydrogen-bond donors (Lipinski definition) is 2. The summed E-state index contributed by atoms with van der Waals surface area (Å²) in [5.74, 6) is 1.81. The number of anilines is 1. The van der Waals surface area contributed by atoms with E-state index in [1.807, 2.05) is 30.3 Å². The van der Waals surface area contributed by atoms with Gasteiger partial charge < -0.3 is 9.88 Å². The Bertz CT molecular complexity index is 1520. The summed E-state index contributed by atoms with van der Waals surface area (Å²) in [5.41, 5.74) is 3.37. The number of halogens is 3. The number of alkyl halides is 3. The molecule has 0 fully saturated rings. The van der Waals surface area contributed by atoms with Gasteiger partial charge in [-0.2, -0.15) is 18.3 Å². The van der Waals surface area contributed by atoms with Crippen LogP contribution in [0.25, 0.3) is 33.8 Å². The average Bonchev–Trinajstić information content (AvgIpc) is 3.49. The van der Waals surface area contributed by atoms with Crippen LogP contribution in [0.15, 0.2) is 60.9 Å². The number of aromatic amines is 1. The third-order valence-corrected chi connectivity index (χ3v) is 5.97. The standard InChI is InChI=1S/C26H24F3N7/c1-15(2)18-6-4-5-7-19(18)23-33-22(20-13-31-35-24(20)34-23)30-12-16-8-10-17(11-9-16)25-32-21(14-36(25)3)26(27,28)29/h4-11,13-15H,12H2,1-3H3,(H2,30,31,33,34,35). The first-order chi connectivity index (χ1) is 17.2. The van der Waals surface area contributed by atoms with E-state index in [2.05, 4.69) is 45.4 Å². The zero-order chi connectivity index (χ0) is 25.4. The fourth-order valence-corrected chi connectivity index (χ4v) is 4.12. The zero-order valence-electron chi connectivity index (χ0n) is 19.9. The van der Waals surface area contributed by atoms with Gasteiger partial charge in [0.15, 0.2) is 17.2 Å². The van der Waals surface area contributed by atoms with Crippen LogP contribution in [0.4, 0.5) is 19.0 Å². The van der Waals surface area contributed by atoms with Gasteiger partial charge in [-0.15, -0.1) is 0 Å². The molecule has 5 rings (SSSR count). The van der Waals surface area contributed by atoms with Crippen LogP contribution in [-0.2, 0) is 19.8 Å². The maximum Gasteiger partial charge on any atom is 0.434 e. The Morgan fingerprint density at radius 2 is 1.75 bits per heavy atom. The molecule has 0 atom stereocenters. The predicted octanol–water partition coefficient (Wildman–Crippen LogP) is 6.17. The van der Waals surface area contributed by atoms with E-state index in [0.717, 1.165) is 28.3 Å². The fraction of sp³-hybridized carbons (Fsp3) is 0.231. The third kappa shape index (κ3) is 4.53. The van der Waals surface area contributed by atoms with Crippen molar-refractivity contribution in [3.8, 4) is 22.8 Å². The lowest BCUT2D eigenvalue weighted by Crippen LogP contribution is -2.05. The SMILES string of the molecule is CC(C)c1ccccc1-c1nc(NCc2ccc(-c3nc(C(F)(F)F)cn3C)cc2)c2cn[nH]c2n1. The van der Waals surface area contributed by atoms with Crippen LogP contribution in [0.5, 0.6) is 0 Å². The van der Waals surface area contributed by atoms with Gasteiger partial charge in [0.25, 0.3) is 0 Å². The number of aryl methyl sites for hydroxylation is 1. The molecular formula is C26H24F3N7. The molecule has 184 valence electrons. The van der Waals surface area contributed by atoms with Crippen LogP contribution in [0.1, 0.15) is 36.6 Å². The highest BCUT2D eigenvalue weighted by Gasteiger charge is 2.34. The molecule has 7 nitrogen and oxygen atoms in total. The molecule has 0 aliphatic carbocycles. The largest absolute Gasteiger partial charge is 0.434 e. The smallest absolute Gasteiger partial charge is 0.365 e. The molecule has 0 saturated heterocycles. The van der Waals surface area contributed by atoms with Crippen molar-refractivity contribution in [3.63, 3.8) is 0 Å². The van der Waals surface area contributed by atoms with E-state index in [1.165, 1.54) is 4.57 Å². The molecule has 2 N–H and O–H groups in total. The molecule has 10 heteroatoms. The first-order valence-corrected chi connectivity index (χ1v) is 11.4. The quantitative estimate of drug-likeness (QED) is 0.297. The summed E-state index contributed by atoms with van der Waals surface area (Å²) in [6.45, 7) is 4.72. The van der Waals surface area contributed by atoms with Crippen molar-refractivity contribution in [2.45, 2.75) is 32.5 Å². The Hall–Kier alpha value is -4.21. The minimum Gasteiger partial charge on any atom is -0.365 e. The van der Waals surface area contributed by atoms with Gasteiger partial charge in [-0.3, -0.25) is 5.10 Å². The average molecular weight is 492 g/mol. The van der Waals surface area contributed by atoms with E-state index in [9.17, 15) is 13.2 Å². The maximum atomic E-state index is 13.0. The minimum absolute atomic E-state index is 0.256. The molecule has 0 saturated carbocycles. The van der Waals surface area contributed by atoms with E-state index >= 15 is 0 Å². The summed E-state index contributed by atoms with van der Waals surface area (Å²) in [5, 5.41) is 11.2. The molecule has 0 spiro atoms. The lowest BCUT2D eigenvalue weighted by atomic mass is 9.97. The highest BCUT2D eigenvalue weighted by Crippen LogP contribution is 2.32. The number of fused-ring (bicyclic) bond motifs is 1. The molecule has 2 aromatic carbocycles. The molecule has 0 bridgehead atoms. The summed E-state index contributed by atoms with van der Waals surface area (Å²) < 4.78 is 40.4. The summed E-state index contributed by atoms with van der Waals surface area (Å²) in [4.78, 5) is 13.2. The van der Waals surface area contributed by atoms with Crippen molar-refractivity contribution in [3.05, 3.63) is 77.7 Å². The van der Waals surface area contributed by atoms with Crippen LogP contribution >= 0.6 is 0 Å². The molecule has 5 aromatic rings. The Labute approximate surface area is 205 Å². The van der Waals surface area contributed by atoms with Crippen LogP contribution < -0.4 is 5.32 Å². The third-order valence-electron chi connectivity index (χ3n) is 5.97. The van der Waals surface area contributed by atoms with Crippen LogP contribution in [0.2, 0.25) is 0 Å². The highest BCUT2D eigenvalue weighted by atomic mass is 19.4. The van der Waals surface area contributed by atoms with Gasteiger partial charge in [-0.05, 0) is 17.0 Å². The number of H-pyrrole nitrogens is 1. The van der Waals surface area contributed by atoms with Crippen molar-refractivity contribution in [1.29, 1.82) is 0 Å². The number of aromatic nitrogens is 6. The second kappa shape index (κ2) is 9.10. The topological polar surface area (TPSA) is 84.3 Å². The van der Waals surface area contributed by atoms with Crippen molar-refractivity contribution >= 4 is 16.9 Å². The van der Waals surface area contributed by atoms with Gasteiger partial charge in [-0.25, -0.2) is 15.0 Å². The van der Waals surface area contributed by atoms with Crippen LogP contribution in [0, 0.1) is 0 Å². The van der Waals surface area contributed by atoms with E-state index in [4.69, 9.17) is 4.98 Å². The van der Waals surface area contributed by atoms with Gasteiger partial charge in [-0.1, -0.05) is 62.4 Å². The fourth-order valence-electron chi connectivity index (χ4n) is 4.12. The molecule has 0 unspecified atom stereocenters. The predicted molar refractivity (Wildman–Crippen MR) is 132 cm³/mol. The number of nitrogens with one attached hydrogen (secondary N) is 2. The number of benzene rings is 2. The Balaban J connectivity index is 1.40. The Kier molecular flexibility index (Phi) is 5.95. The lowest BCUT2D eigenvalue weighted by molar-refractivity contribution is -0.140. The van der Waals surface area contributed by atoms with Crippen molar-refractivity contribution in [2.24, 2.45) is 7.05 Å². The zero-order valence-corrected chi connectivity index (χ0v) is 19.9. The van der Waals surface area contributed by atoms with E-state index in [0.29, 0.717) is 35.3 Å². The van der Waals surface area contributed by atoms with Crippen LogP contribution in [-0.4, -0.2) is 29.7 Å². The van der Waals surface area contributed by atoms with Crippen molar-refractivity contribution in [1.82, 2.24) is 29.7 Å². The van der Waals surface area contributed by atoms with Gasteiger partial charge in [0.1, 0.15) is 11.6 Å². The molecule has 0 aliphatic heterocycles. The maximum absolute atomic E-state index is 13.0. The number of hydrogen-bond acceptors (Lipinski definition) is 5. The van der Waals surface area contributed by atoms with Crippen molar-refractivity contribution in [2.75, 3.05) is 5.32 Å². The second-order valence-electron chi connectivity index (χ2n) is 8.88. The number of nitrogens with zero attached hydrogens (tertiary/aromatic N) is 5. The van der Waals surface area contributed by atoms with E-state index in [-0.39, 0.29) is 5.82 Å². The molecule has 3 heterocycles. The summed E-state index contributed by atoms with van der Waals surface area (Å²) in [7, 11) is 1.55. The van der Waals surface area contributed by atoms with Gasteiger partial charge in [0.2, 0.25) is 0 Å². The number of rotatable bonds is 6. The second-order valence-corrected chi connectivity index (χ2v) is 8.88. The molecule has 36 heavy (non-hydrogen) atoms. The van der Waals surface area contributed by atoms with Crippen LogP contribution in [0.3, 0.4) is 0 Å². The molecular weight excluding hydrogens is 467 g/mol. The summed E-state index contributed by atoms with van der Waals surface area (Å²) >= 11 is 0. The first-order valence-electron chi connectivity index (χ1n) is 11.4. The van der Waals surface area contributed by atoms with Gasteiger partial charge >= 0.3 is 6.18 Å². The monoisotopic (exact) mass is 491 g/mol. The first kappa shape index (κ1) is 23.5. The highest BCUT2D eigenvalue weighted by molar-refractivity contribution is 5.87. The van der Waals surface area contributed by atoms with Crippen molar-refractivity contribution < 1.29 is 13.2 Å². The van der Waals surface area contributed by atoms with Gasteiger partial charge in [0.05, 0.1) is 11.6 Å². The molecule has 0 aliphatic rings. The molecule has 0 radical (unpaired) electrons.